The van der Waals surface area contributed by atoms with Crippen LogP contribution >= 0.6 is 0 Å². The number of carbonyl (C=O) groups is 1. The van der Waals surface area contributed by atoms with E-state index in [1.165, 1.54) is 0 Å². The molecule has 5 rings (SSSR count). The van der Waals surface area contributed by atoms with E-state index >= 15 is 0 Å². The van der Waals surface area contributed by atoms with Gasteiger partial charge in [0.25, 0.3) is 0 Å². The number of aryl methyl sites for hydroxylation is 1. The van der Waals surface area contributed by atoms with Crippen LogP contribution in [0.5, 0.6) is 0 Å². The van der Waals surface area contributed by atoms with Crippen molar-refractivity contribution in [2.24, 2.45) is 5.92 Å². The standard InChI is InChI=1S/C22H24N4O3/c1-15-7-8-20(29-15)21-16(11-26(24-21)19-5-3-2-4-6-19)9-25-10-17-13-28-14-18(12-25)23-22(17)27/h2-8,11,17-18H,9-10,12-14H2,1H3,(H,23,27)/t17-,18+/m1/s1. The summed E-state index contributed by atoms with van der Waals surface area (Å²) in [6.07, 6.45) is 2.06. The largest absolute Gasteiger partial charge is 0.460 e. The van der Waals surface area contributed by atoms with Crippen molar-refractivity contribution >= 4 is 5.91 Å². The molecule has 0 unspecified atom stereocenters. The van der Waals surface area contributed by atoms with E-state index in [0.29, 0.717) is 26.3 Å². The quantitative estimate of drug-likeness (QED) is 0.738. The topological polar surface area (TPSA) is 72.5 Å². The summed E-state index contributed by atoms with van der Waals surface area (Å²) in [6, 6.07) is 14.0. The first kappa shape index (κ1) is 18.1. The zero-order valence-electron chi connectivity index (χ0n) is 16.4. The first-order valence-electron chi connectivity index (χ1n) is 9.97. The van der Waals surface area contributed by atoms with Gasteiger partial charge < -0.3 is 14.5 Å². The van der Waals surface area contributed by atoms with Crippen LogP contribution in [0.25, 0.3) is 17.1 Å². The summed E-state index contributed by atoms with van der Waals surface area (Å²) in [5, 5.41) is 7.92. The molecule has 7 heteroatoms. The molecule has 150 valence electrons. The highest BCUT2D eigenvalue weighted by Crippen LogP contribution is 2.27. The molecular formula is C22H24N4O3. The van der Waals surface area contributed by atoms with Gasteiger partial charge in [0, 0.05) is 31.4 Å². The maximum absolute atomic E-state index is 12.3. The number of furan rings is 1. The molecule has 2 aliphatic rings. The SMILES string of the molecule is Cc1ccc(-c2nn(-c3ccccc3)cc2CN2C[C@H]3COC[C@@H](C2)C(=O)N3)o1. The third-order valence-corrected chi connectivity index (χ3v) is 5.49. The second-order valence-electron chi connectivity index (χ2n) is 7.83. The number of aromatic nitrogens is 2. The molecule has 0 saturated carbocycles. The van der Waals surface area contributed by atoms with Gasteiger partial charge in [0.1, 0.15) is 11.5 Å². The van der Waals surface area contributed by atoms with Gasteiger partial charge in [-0.2, -0.15) is 5.10 Å². The lowest BCUT2D eigenvalue weighted by molar-refractivity contribution is -0.125. The summed E-state index contributed by atoms with van der Waals surface area (Å²) < 4.78 is 13.4. The van der Waals surface area contributed by atoms with Crippen molar-refractivity contribution in [1.82, 2.24) is 20.0 Å². The van der Waals surface area contributed by atoms with Gasteiger partial charge in [0.2, 0.25) is 5.91 Å². The molecule has 2 aliphatic heterocycles. The van der Waals surface area contributed by atoms with Gasteiger partial charge in [-0.1, -0.05) is 18.2 Å². The lowest BCUT2D eigenvalue weighted by atomic mass is 10.1. The molecule has 3 aromatic rings. The molecular weight excluding hydrogens is 368 g/mol. The zero-order valence-corrected chi connectivity index (χ0v) is 16.4. The van der Waals surface area contributed by atoms with E-state index in [4.69, 9.17) is 14.3 Å². The van der Waals surface area contributed by atoms with Gasteiger partial charge in [-0.05, 0) is 31.2 Å². The summed E-state index contributed by atoms with van der Waals surface area (Å²) in [4.78, 5) is 14.6. The van der Waals surface area contributed by atoms with Crippen LogP contribution in [0, 0.1) is 12.8 Å². The predicted molar refractivity (Wildman–Crippen MR) is 108 cm³/mol. The van der Waals surface area contributed by atoms with Crippen molar-refractivity contribution in [3.63, 3.8) is 0 Å². The summed E-state index contributed by atoms with van der Waals surface area (Å²) >= 11 is 0. The van der Waals surface area contributed by atoms with Gasteiger partial charge in [-0.25, -0.2) is 4.68 Å². The number of fused-ring (bicyclic) bond motifs is 3. The molecule has 7 nitrogen and oxygen atoms in total. The van der Waals surface area contributed by atoms with Gasteiger partial charge in [-0.3, -0.25) is 9.69 Å². The summed E-state index contributed by atoms with van der Waals surface area (Å²) in [5.41, 5.74) is 2.92. The lowest BCUT2D eigenvalue weighted by Gasteiger charge is -2.27. The molecule has 1 N–H and O–H groups in total. The second-order valence-corrected chi connectivity index (χ2v) is 7.83. The minimum absolute atomic E-state index is 0.0217. The van der Waals surface area contributed by atoms with Crippen LogP contribution in [-0.2, 0) is 16.1 Å². The Kier molecular flexibility index (Phi) is 4.69. The fraction of sp³-hybridized carbons (Fsp3) is 0.364. The highest BCUT2D eigenvalue weighted by molar-refractivity contribution is 5.80. The zero-order chi connectivity index (χ0) is 19.8. The molecule has 0 spiro atoms. The molecule has 2 atom stereocenters. The molecule has 2 aromatic heterocycles. The second kappa shape index (κ2) is 7.50. The van der Waals surface area contributed by atoms with Crippen molar-refractivity contribution < 1.29 is 13.9 Å². The van der Waals surface area contributed by atoms with Crippen LogP contribution in [0.1, 0.15) is 11.3 Å². The minimum atomic E-state index is -0.138. The highest BCUT2D eigenvalue weighted by Gasteiger charge is 2.33. The number of amides is 1. The Balaban J connectivity index is 1.48. The Bertz CT molecular complexity index is 1010. The molecule has 2 bridgehead atoms. The summed E-state index contributed by atoms with van der Waals surface area (Å²) in [6.45, 7) is 5.11. The molecule has 4 heterocycles. The minimum Gasteiger partial charge on any atom is -0.460 e. The van der Waals surface area contributed by atoms with Crippen molar-refractivity contribution in [3.8, 4) is 17.1 Å². The fourth-order valence-electron chi connectivity index (χ4n) is 4.10. The normalized spacial score (nSPS) is 22.3. The molecule has 0 aliphatic carbocycles. The number of nitrogens with zero attached hydrogens (tertiary/aromatic N) is 3. The number of nitrogens with one attached hydrogen (secondary N) is 1. The Morgan fingerprint density at radius 2 is 2.00 bits per heavy atom. The molecule has 2 fully saturated rings. The van der Waals surface area contributed by atoms with Crippen LogP contribution in [0.2, 0.25) is 0 Å². The first-order chi connectivity index (χ1) is 14.2. The summed E-state index contributed by atoms with van der Waals surface area (Å²) in [7, 11) is 0. The summed E-state index contributed by atoms with van der Waals surface area (Å²) in [5.74, 6) is 1.58. The Hall–Kier alpha value is -2.90. The Morgan fingerprint density at radius 3 is 2.79 bits per heavy atom. The smallest absolute Gasteiger partial charge is 0.227 e. The average molecular weight is 392 g/mol. The Labute approximate surface area is 169 Å². The number of benzene rings is 1. The predicted octanol–water partition coefficient (Wildman–Crippen LogP) is 2.39. The van der Waals surface area contributed by atoms with Crippen molar-refractivity contribution in [3.05, 3.63) is 60.0 Å². The van der Waals surface area contributed by atoms with E-state index in [1.807, 2.05) is 54.1 Å². The van der Waals surface area contributed by atoms with Crippen LogP contribution < -0.4 is 5.32 Å². The van der Waals surface area contributed by atoms with Gasteiger partial charge in [-0.15, -0.1) is 0 Å². The molecule has 2 saturated heterocycles. The number of para-hydroxylation sites is 1. The van der Waals surface area contributed by atoms with Gasteiger partial charge >= 0.3 is 0 Å². The van der Waals surface area contributed by atoms with Crippen LogP contribution in [0.4, 0.5) is 0 Å². The monoisotopic (exact) mass is 392 g/mol. The van der Waals surface area contributed by atoms with E-state index in [-0.39, 0.29) is 17.9 Å². The lowest BCUT2D eigenvalue weighted by Crippen LogP contribution is -2.41. The maximum Gasteiger partial charge on any atom is 0.227 e. The van der Waals surface area contributed by atoms with Gasteiger partial charge in [0.05, 0.1) is 30.9 Å². The van der Waals surface area contributed by atoms with E-state index in [2.05, 4.69) is 16.4 Å². The van der Waals surface area contributed by atoms with Crippen molar-refractivity contribution in [1.29, 1.82) is 0 Å². The molecule has 29 heavy (non-hydrogen) atoms. The maximum atomic E-state index is 12.3. The van der Waals surface area contributed by atoms with Crippen LogP contribution in [0.3, 0.4) is 0 Å². The molecule has 1 aromatic carbocycles. The molecule has 0 radical (unpaired) electrons. The number of hydrogen-bond donors (Lipinski definition) is 1. The van der Waals surface area contributed by atoms with Crippen LogP contribution in [-0.4, -0.2) is 52.9 Å². The fourth-order valence-corrected chi connectivity index (χ4v) is 4.10. The number of rotatable bonds is 4. The van der Waals surface area contributed by atoms with E-state index in [9.17, 15) is 4.79 Å². The number of ether oxygens (including phenoxy) is 1. The van der Waals surface area contributed by atoms with E-state index in [0.717, 1.165) is 35.0 Å². The van der Waals surface area contributed by atoms with Gasteiger partial charge in [0.15, 0.2) is 5.76 Å². The van der Waals surface area contributed by atoms with Crippen molar-refractivity contribution in [2.75, 3.05) is 26.3 Å². The Morgan fingerprint density at radius 1 is 1.14 bits per heavy atom. The number of carbonyl (C=O) groups excluding carboxylic acids is 1. The first-order valence-corrected chi connectivity index (χ1v) is 9.97. The van der Waals surface area contributed by atoms with E-state index < -0.39 is 0 Å². The highest BCUT2D eigenvalue weighted by atomic mass is 16.5. The van der Waals surface area contributed by atoms with Crippen molar-refractivity contribution in [2.45, 2.75) is 19.5 Å². The van der Waals surface area contributed by atoms with E-state index in [1.54, 1.807) is 0 Å². The third kappa shape index (κ3) is 3.71. The third-order valence-electron chi connectivity index (χ3n) is 5.49. The van der Waals surface area contributed by atoms with Crippen LogP contribution in [0.15, 0.2) is 53.1 Å². The average Bonchev–Trinajstić information content (AvgIpc) is 3.23. The number of hydrogen-bond acceptors (Lipinski definition) is 5. The molecule has 1 amide bonds.